The van der Waals surface area contributed by atoms with Crippen molar-refractivity contribution in [3.05, 3.63) is 18.0 Å². The Morgan fingerprint density at radius 2 is 2.48 bits per heavy atom. The number of hydrogen-bond donors (Lipinski definition) is 1. The van der Waals surface area contributed by atoms with E-state index in [0.717, 1.165) is 32.5 Å². The largest absolute Gasteiger partial charge is 0.383 e. The van der Waals surface area contributed by atoms with Crippen LogP contribution in [0.25, 0.3) is 0 Å². The van der Waals surface area contributed by atoms with Crippen molar-refractivity contribution in [1.82, 2.24) is 20.0 Å². The Labute approximate surface area is 136 Å². The number of carbonyl (C=O) groups is 1. The summed E-state index contributed by atoms with van der Waals surface area (Å²) in [7, 11) is 3.56. The average molecular weight is 322 g/mol. The van der Waals surface area contributed by atoms with Crippen molar-refractivity contribution >= 4 is 5.91 Å². The highest BCUT2D eigenvalue weighted by Crippen LogP contribution is 2.41. The third-order valence-corrected chi connectivity index (χ3v) is 4.91. The monoisotopic (exact) mass is 322 g/mol. The zero-order chi connectivity index (χ0) is 16.3. The number of ether oxygens (including phenoxy) is 2. The maximum Gasteiger partial charge on any atom is 0.230 e. The molecule has 1 aromatic rings. The van der Waals surface area contributed by atoms with E-state index in [1.54, 1.807) is 7.11 Å². The van der Waals surface area contributed by atoms with Crippen molar-refractivity contribution in [1.29, 1.82) is 0 Å². The van der Waals surface area contributed by atoms with Gasteiger partial charge in [-0.2, -0.15) is 5.10 Å². The number of fused-ring (bicyclic) bond motifs is 1. The van der Waals surface area contributed by atoms with Crippen LogP contribution in [0, 0.1) is 5.41 Å². The lowest BCUT2D eigenvalue weighted by Gasteiger charge is -2.42. The normalized spacial score (nSPS) is 27.8. The summed E-state index contributed by atoms with van der Waals surface area (Å²) in [4.78, 5) is 15.1. The van der Waals surface area contributed by atoms with Gasteiger partial charge in [-0.25, -0.2) is 0 Å². The Balaban J connectivity index is 1.67. The van der Waals surface area contributed by atoms with E-state index in [-0.39, 0.29) is 12.0 Å². The van der Waals surface area contributed by atoms with Crippen molar-refractivity contribution in [3.8, 4) is 0 Å². The lowest BCUT2D eigenvalue weighted by molar-refractivity contribution is -0.139. The molecule has 0 aromatic carbocycles. The molecule has 1 aromatic heterocycles. The Kier molecular flexibility index (Phi) is 4.99. The quantitative estimate of drug-likeness (QED) is 0.756. The Morgan fingerprint density at radius 3 is 3.22 bits per heavy atom. The van der Waals surface area contributed by atoms with Gasteiger partial charge in [0.1, 0.15) is 0 Å². The van der Waals surface area contributed by atoms with E-state index in [1.165, 1.54) is 5.56 Å². The molecule has 23 heavy (non-hydrogen) atoms. The van der Waals surface area contributed by atoms with E-state index in [1.807, 2.05) is 24.1 Å². The molecule has 7 nitrogen and oxygen atoms in total. The Morgan fingerprint density at radius 1 is 1.61 bits per heavy atom. The minimum atomic E-state index is -0.422. The highest BCUT2D eigenvalue weighted by molar-refractivity contribution is 5.84. The second-order valence-electron chi connectivity index (χ2n) is 6.54. The van der Waals surface area contributed by atoms with Crippen LogP contribution in [-0.2, 0) is 27.9 Å². The van der Waals surface area contributed by atoms with Crippen molar-refractivity contribution in [2.24, 2.45) is 12.5 Å². The number of aryl methyl sites for hydroxylation is 1. The molecule has 0 unspecified atom stereocenters. The number of methoxy groups -OCH3 is 1. The van der Waals surface area contributed by atoms with Crippen LogP contribution in [0.2, 0.25) is 0 Å². The third kappa shape index (κ3) is 3.41. The third-order valence-electron chi connectivity index (χ3n) is 4.91. The molecule has 2 aliphatic rings. The fourth-order valence-electron chi connectivity index (χ4n) is 3.74. The van der Waals surface area contributed by atoms with Crippen molar-refractivity contribution in [2.45, 2.75) is 25.5 Å². The molecule has 128 valence electrons. The van der Waals surface area contributed by atoms with E-state index in [0.29, 0.717) is 19.8 Å². The molecular formula is C16H26N4O3. The van der Waals surface area contributed by atoms with Crippen LogP contribution in [0.1, 0.15) is 18.4 Å². The lowest BCUT2D eigenvalue weighted by Crippen LogP contribution is -2.57. The molecular weight excluding hydrogens is 296 g/mol. The highest BCUT2D eigenvalue weighted by atomic mass is 16.5. The van der Waals surface area contributed by atoms with Crippen LogP contribution in [0.5, 0.6) is 0 Å². The molecule has 0 aliphatic carbocycles. The average Bonchev–Trinajstić information content (AvgIpc) is 3.14. The minimum Gasteiger partial charge on any atom is -0.383 e. The van der Waals surface area contributed by atoms with Gasteiger partial charge in [-0.15, -0.1) is 0 Å². The molecule has 0 saturated carbocycles. The first kappa shape index (κ1) is 16.4. The first-order valence-electron chi connectivity index (χ1n) is 8.23. The second-order valence-corrected chi connectivity index (χ2v) is 6.54. The number of hydrogen-bond acceptors (Lipinski definition) is 5. The Hall–Kier alpha value is -1.44. The van der Waals surface area contributed by atoms with E-state index in [9.17, 15) is 4.79 Å². The number of amides is 1. The van der Waals surface area contributed by atoms with Crippen LogP contribution in [-0.4, -0.2) is 66.6 Å². The van der Waals surface area contributed by atoms with Gasteiger partial charge in [0.2, 0.25) is 5.91 Å². The van der Waals surface area contributed by atoms with Crippen LogP contribution < -0.4 is 5.32 Å². The molecule has 7 heteroatoms. The number of rotatable bonds is 6. The summed E-state index contributed by atoms with van der Waals surface area (Å²) < 4.78 is 12.7. The number of likely N-dealkylation sites (tertiary alicyclic amines) is 1. The zero-order valence-electron chi connectivity index (χ0n) is 14.0. The van der Waals surface area contributed by atoms with Gasteiger partial charge in [-0.05, 0) is 12.8 Å². The molecule has 2 atom stereocenters. The summed E-state index contributed by atoms with van der Waals surface area (Å²) in [5.74, 6) is 0.105. The summed E-state index contributed by atoms with van der Waals surface area (Å²) in [6.07, 6.45) is 5.65. The topological polar surface area (TPSA) is 68.6 Å². The van der Waals surface area contributed by atoms with E-state index >= 15 is 0 Å². The summed E-state index contributed by atoms with van der Waals surface area (Å²) >= 11 is 0. The molecule has 2 aliphatic heterocycles. The van der Waals surface area contributed by atoms with Crippen molar-refractivity contribution in [3.63, 3.8) is 0 Å². The molecule has 2 saturated heterocycles. The zero-order valence-corrected chi connectivity index (χ0v) is 14.0. The van der Waals surface area contributed by atoms with E-state index in [4.69, 9.17) is 9.47 Å². The lowest BCUT2D eigenvalue weighted by atomic mass is 9.75. The van der Waals surface area contributed by atoms with Crippen LogP contribution in [0.4, 0.5) is 0 Å². The molecule has 2 fully saturated rings. The number of nitrogens with one attached hydrogen (secondary N) is 1. The van der Waals surface area contributed by atoms with Gasteiger partial charge >= 0.3 is 0 Å². The van der Waals surface area contributed by atoms with Gasteiger partial charge in [-0.3, -0.25) is 14.4 Å². The van der Waals surface area contributed by atoms with E-state index < -0.39 is 5.41 Å². The van der Waals surface area contributed by atoms with Crippen LogP contribution in [0.15, 0.2) is 12.4 Å². The molecule has 0 bridgehead atoms. The minimum absolute atomic E-state index is 0.0372. The second kappa shape index (κ2) is 6.98. The number of carbonyl (C=O) groups excluding carboxylic acids is 1. The van der Waals surface area contributed by atoms with Crippen molar-refractivity contribution in [2.75, 3.05) is 40.0 Å². The first-order valence-corrected chi connectivity index (χ1v) is 8.23. The van der Waals surface area contributed by atoms with Crippen molar-refractivity contribution < 1.29 is 14.3 Å². The fraction of sp³-hybridized carbons (Fsp3) is 0.750. The molecule has 0 radical (unpaired) electrons. The van der Waals surface area contributed by atoms with Gasteiger partial charge in [0, 0.05) is 58.7 Å². The number of nitrogens with zero attached hydrogens (tertiary/aromatic N) is 3. The summed E-state index contributed by atoms with van der Waals surface area (Å²) in [6.45, 7) is 4.27. The predicted molar refractivity (Wildman–Crippen MR) is 84.8 cm³/mol. The van der Waals surface area contributed by atoms with Crippen LogP contribution >= 0.6 is 0 Å². The molecule has 3 heterocycles. The summed E-state index contributed by atoms with van der Waals surface area (Å²) in [5, 5.41) is 7.24. The van der Waals surface area contributed by atoms with Gasteiger partial charge in [-0.1, -0.05) is 0 Å². The Bertz CT molecular complexity index is 547. The van der Waals surface area contributed by atoms with E-state index in [2.05, 4.69) is 15.3 Å². The highest BCUT2D eigenvalue weighted by Gasteiger charge is 2.52. The smallest absolute Gasteiger partial charge is 0.230 e. The van der Waals surface area contributed by atoms with Gasteiger partial charge in [0.15, 0.2) is 0 Å². The number of aromatic nitrogens is 2. The van der Waals surface area contributed by atoms with Crippen LogP contribution in [0.3, 0.4) is 0 Å². The SMILES string of the molecule is COCCNC(=O)[C@@]12CCO[C@@H]1CCN(Cc1cnn(C)c1)C2. The first-order chi connectivity index (χ1) is 11.1. The summed E-state index contributed by atoms with van der Waals surface area (Å²) in [5.41, 5.74) is 0.758. The molecule has 1 N–H and O–H groups in total. The molecule has 0 spiro atoms. The van der Waals surface area contributed by atoms with Gasteiger partial charge in [0.25, 0.3) is 0 Å². The number of piperidine rings is 1. The maximum atomic E-state index is 12.8. The summed E-state index contributed by atoms with van der Waals surface area (Å²) in [6, 6.07) is 0. The fourth-order valence-corrected chi connectivity index (χ4v) is 3.74. The van der Waals surface area contributed by atoms with Gasteiger partial charge in [0.05, 0.1) is 24.3 Å². The predicted octanol–water partition coefficient (Wildman–Crippen LogP) is 0.164. The standard InChI is InChI=1S/C16H26N4O3/c1-19-10-13(9-18-19)11-20-6-3-14-16(12-20,4-7-23-14)15(21)17-5-8-22-2/h9-10,14H,3-8,11-12H2,1-2H3,(H,17,21)/t14-,16-/m1/s1. The molecule has 1 amide bonds. The van der Waals surface area contributed by atoms with Gasteiger partial charge < -0.3 is 14.8 Å². The maximum absolute atomic E-state index is 12.8. The molecule has 3 rings (SSSR count).